The second-order valence-electron chi connectivity index (χ2n) is 10.1. The van der Waals surface area contributed by atoms with Crippen LogP contribution < -0.4 is 10.9 Å². The number of piperidine rings is 1. The highest BCUT2D eigenvalue weighted by Crippen LogP contribution is 2.39. The van der Waals surface area contributed by atoms with Gasteiger partial charge in [-0.05, 0) is 45.1 Å². The van der Waals surface area contributed by atoms with Crippen LogP contribution in [-0.2, 0) is 14.9 Å². The molecular weight excluding hydrogens is 486 g/mol. The summed E-state index contributed by atoms with van der Waals surface area (Å²) in [5, 5.41) is 24.2. The molecule has 13 heteroatoms. The van der Waals surface area contributed by atoms with E-state index in [1.807, 2.05) is 6.07 Å². The first-order valence-corrected chi connectivity index (χ1v) is 13.6. The molecule has 2 atom stereocenters. The van der Waals surface area contributed by atoms with Crippen molar-refractivity contribution in [3.63, 3.8) is 0 Å². The molecule has 2 N–H and O–H groups in total. The fourth-order valence-electron chi connectivity index (χ4n) is 5.41. The van der Waals surface area contributed by atoms with Gasteiger partial charge in [0.1, 0.15) is 17.3 Å². The summed E-state index contributed by atoms with van der Waals surface area (Å²) >= 11 is 0. The molecule has 12 nitrogen and oxygen atoms in total. The van der Waals surface area contributed by atoms with E-state index in [2.05, 4.69) is 15.3 Å². The number of methoxy groups -OCH3 is 1. The number of fused-ring (bicyclic) bond motifs is 1. The predicted octanol–water partition coefficient (Wildman–Crippen LogP) is 0.591. The molecule has 0 aromatic carbocycles. The molecule has 3 aliphatic rings. The van der Waals surface area contributed by atoms with E-state index >= 15 is 0 Å². The van der Waals surface area contributed by atoms with Gasteiger partial charge in [-0.25, -0.2) is 4.98 Å². The molecule has 0 spiro atoms. The summed E-state index contributed by atoms with van der Waals surface area (Å²) in [6.45, 7) is 3.22. The van der Waals surface area contributed by atoms with Crippen LogP contribution in [0, 0.1) is 11.3 Å². The maximum Gasteiger partial charge on any atom is 0.282 e. The summed E-state index contributed by atoms with van der Waals surface area (Å²) in [7, 11) is -1.91. The summed E-state index contributed by atoms with van der Waals surface area (Å²) in [5.74, 6) is 0.324. The standard InChI is InChI=1S/C23H31N7O5S/c1-23(32)7-3-4-19(23)30-20-16(10-15(11-24)21(30)31)12-25-22(27-20)26-17-5-8-28(9-6-17)36(33,34)29-13-18(14-29)35-2/h10,12,17-19,32H,3-9,13-14H2,1-2H3,(H,25,26,27)/t19-,23-/m1/s1. The summed E-state index contributed by atoms with van der Waals surface area (Å²) in [4.78, 5) is 22.1. The Morgan fingerprint density at radius 3 is 2.58 bits per heavy atom. The highest BCUT2D eigenvalue weighted by atomic mass is 32.2. The highest BCUT2D eigenvalue weighted by Gasteiger charge is 2.41. The number of hydrogen-bond donors (Lipinski definition) is 2. The Morgan fingerprint density at radius 1 is 1.25 bits per heavy atom. The van der Waals surface area contributed by atoms with E-state index in [1.54, 1.807) is 20.2 Å². The van der Waals surface area contributed by atoms with Crippen molar-refractivity contribution in [1.29, 1.82) is 5.26 Å². The topological polar surface area (TPSA) is 154 Å². The fraction of sp³-hybridized carbons (Fsp3) is 0.652. The van der Waals surface area contributed by atoms with Crippen LogP contribution in [-0.4, -0.2) is 87.7 Å². The number of nitrogens with zero attached hydrogens (tertiary/aromatic N) is 6. The Morgan fingerprint density at radius 2 is 1.97 bits per heavy atom. The zero-order valence-electron chi connectivity index (χ0n) is 20.4. The molecule has 2 aliphatic heterocycles. The first kappa shape index (κ1) is 25.0. The van der Waals surface area contributed by atoms with Crippen molar-refractivity contribution in [1.82, 2.24) is 23.1 Å². The van der Waals surface area contributed by atoms with E-state index < -0.39 is 27.4 Å². The quantitative estimate of drug-likeness (QED) is 0.560. The fourth-order valence-corrected chi connectivity index (χ4v) is 7.12. The Bertz CT molecular complexity index is 1360. The Kier molecular flexibility index (Phi) is 6.50. The van der Waals surface area contributed by atoms with Crippen LogP contribution in [0.2, 0.25) is 0 Å². The van der Waals surface area contributed by atoms with E-state index in [-0.39, 0.29) is 17.7 Å². The third-order valence-corrected chi connectivity index (χ3v) is 9.64. The molecular formula is C23H31N7O5S. The van der Waals surface area contributed by atoms with Crippen LogP contribution in [0.3, 0.4) is 0 Å². The first-order valence-electron chi connectivity index (χ1n) is 12.2. The summed E-state index contributed by atoms with van der Waals surface area (Å²) in [6, 6.07) is 2.90. The predicted molar refractivity (Wildman–Crippen MR) is 132 cm³/mol. The number of nitrogens with one attached hydrogen (secondary N) is 1. The molecule has 36 heavy (non-hydrogen) atoms. The van der Waals surface area contributed by atoms with Gasteiger partial charge in [-0.1, -0.05) is 0 Å². The van der Waals surface area contributed by atoms with Crippen LogP contribution in [0.1, 0.15) is 50.6 Å². The number of pyridine rings is 1. The van der Waals surface area contributed by atoms with Crippen LogP contribution >= 0.6 is 0 Å². The molecule has 0 amide bonds. The van der Waals surface area contributed by atoms with Crippen molar-refractivity contribution in [2.45, 2.75) is 62.8 Å². The molecule has 1 aliphatic carbocycles. The molecule has 0 unspecified atom stereocenters. The number of rotatable bonds is 6. The van der Waals surface area contributed by atoms with Gasteiger partial charge in [-0.3, -0.25) is 9.36 Å². The van der Waals surface area contributed by atoms with Gasteiger partial charge in [-0.2, -0.15) is 27.3 Å². The van der Waals surface area contributed by atoms with Crippen molar-refractivity contribution >= 4 is 27.2 Å². The maximum absolute atomic E-state index is 13.1. The summed E-state index contributed by atoms with van der Waals surface area (Å²) in [5.41, 5.74) is -1.19. The maximum atomic E-state index is 13.1. The van der Waals surface area contributed by atoms with Gasteiger partial charge in [0.05, 0.1) is 17.7 Å². The van der Waals surface area contributed by atoms with E-state index in [0.717, 1.165) is 6.42 Å². The second kappa shape index (κ2) is 9.35. The number of hydrogen-bond acceptors (Lipinski definition) is 9. The van der Waals surface area contributed by atoms with E-state index in [1.165, 1.54) is 19.2 Å². The second-order valence-corrected chi connectivity index (χ2v) is 12.0. The van der Waals surface area contributed by atoms with E-state index in [0.29, 0.717) is 68.8 Å². The number of ether oxygens (including phenoxy) is 1. The summed E-state index contributed by atoms with van der Waals surface area (Å²) in [6.07, 6.45) is 4.63. The smallest absolute Gasteiger partial charge is 0.282 e. The zero-order valence-corrected chi connectivity index (χ0v) is 21.2. The average molecular weight is 518 g/mol. The average Bonchev–Trinajstić information content (AvgIpc) is 3.16. The van der Waals surface area contributed by atoms with Gasteiger partial charge >= 0.3 is 0 Å². The van der Waals surface area contributed by atoms with Crippen molar-refractivity contribution in [2.75, 3.05) is 38.6 Å². The van der Waals surface area contributed by atoms with Gasteiger partial charge in [-0.15, -0.1) is 0 Å². The van der Waals surface area contributed by atoms with Crippen molar-refractivity contribution in [3.05, 3.63) is 28.2 Å². The number of aromatic nitrogens is 3. The zero-order chi connectivity index (χ0) is 25.7. The number of aliphatic hydroxyl groups is 1. The van der Waals surface area contributed by atoms with E-state index in [9.17, 15) is 23.6 Å². The SMILES string of the molecule is COC1CN(S(=O)(=O)N2CCC(Nc3ncc4cc(C#N)c(=O)n([C@@H]5CCC[C@@]5(C)O)c4n3)CC2)C1. The lowest BCUT2D eigenvalue weighted by molar-refractivity contribution is 0.00925. The van der Waals surface area contributed by atoms with Gasteiger partial charge in [0.25, 0.3) is 15.8 Å². The largest absolute Gasteiger partial charge is 0.388 e. The van der Waals surface area contributed by atoms with Gasteiger partial charge in [0.2, 0.25) is 5.95 Å². The van der Waals surface area contributed by atoms with Crippen LogP contribution in [0.25, 0.3) is 11.0 Å². The number of anilines is 1. The minimum absolute atomic E-state index is 0.0119. The molecule has 1 saturated carbocycles. The third-order valence-electron chi connectivity index (χ3n) is 7.67. The van der Waals surface area contributed by atoms with E-state index in [4.69, 9.17) is 4.74 Å². The lowest BCUT2D eigenvalue weighted by Crippen LogP contribution is -2.59. The molecule has 2 aromatic rings. The minimum Gasteiger partial charge on any atom is -0.388 e. The molecule has 194 valence electrons. The van der Waals surface area contributed by atoms with Crippen molar-refractivity contribution in [3.8, 4) is 6.07 Å². The number of nitriles is 1. The molecule has 0 radical (unpaired) electrons. The normalized spacial score (nSPS) is 26.7. The summed E-state index contributed by atoms with van der Waals surface area (Å²) < 4.78 is 35.2. The molecule has 5 rings (SSSR count). The third kappa shape index (κ3) is 4.37. The van der Waals surface area contributed by atoms with Crippen LogP contribution in [0.5, 0.6) is 0 Å². The monoisotopic (exact) mass is 517 g/mol. The first-order chi connectivity index (χ1) is 17.1. The molecule has 3 fully saturated rings. The Hall–Kier alpha value is -2.63. The highest BCUT2D eigenvalue weighted by molar-refractivity contribution is 7.86. The van der Waals surface area contributed by atoms with Crippen LogP contribution in [0.4, 0.5) is 5.95 Å². The lowest BCUT2D eigenvalue weighted by atomic mass is 9.99. The van der Waals surface area contributed by atoms with Crippen molar-refractivity contribution in [2.24, 2.45) is 0 Å². The van der Waals surface area contributed by atoms with Crippen LogP contribution in [0.15, 0.2) is 17.1 Å². The molecule has 4 heterocycles. The lowest BCUT2D eigenvalue weighted by Gasteiger charge is -2.41. The minimum atomic E-state index is -3.49. The molecule has 2 aromatic heterocycles. The van der Waals surface area contributed by atoms with Crippen molar-refractivity contribution < 1.29 is 18.3 Å². The van der Waals surface area contributed by atoms with Gasteiger partial charge in [0.15, 0.2) is 0 Å². The Balaban J connectivity index is 1.35. The van der Waals surface area contributed by atoms with Gasteiger partial charge < -0.3 is 15.2 Å². The van der Waals surface area contributed by atoms with Gasteiger partial charge in [0, 0.05) is 50.9 Å². The molecule has 2 saturated heterocycles. The molecule has 0 bridgehead atoms. The Labute approximate surface area is 209 Å².